The molecule has 0 saturated carbocycles. The summed E-state index contributed by atoms with van der Waals surface area (Å²) in [6.45, 7) is 6.35. The van der Waals surface area contributed by atoms with E-state index in [1.165, 1.54) is 6.07 Å². The average Bonchev–Trinajstić information content (AvgIpc) is 2.48. The first-order chi connectivity index (χ1) is 10.8. The van der Waals surface area contributed by atoms with Crippen LogP contribution in [-0.4, -0.2) is 43.1 Å². The number of carbonyl (C=O) groups is 1. The molecule has 1 N–H and O–H groups in total. The number of amides is 1. The number of nitrogens with one attached hydrogen (secondary N) is 1. The van der Waals surface area contributed by atoms with Gasteiger partial charge in [0.15, 0.2) is 11.6 Å². The summed E-state index contributed by atoms with van der Waals surface area (Å²) < 4.78 is 18.7. The molecule has 0 aliphatic heterocycles. The Hall–Kier alpha value is -2.13. The maximum atomic E-state index is 13.4. The van der Waals surface area contributed by atoms with Crippen LogP contribution in [0.3, 0.4) is 0 Å². The summed E-state index contributed by atoms with van der Waals surface area (Å²) in [6, 6.07) is 8.32. The SMILES string of the molecule is CC(C)C(C)(C#N)NC(=O)CN(C)CCOc1ccccc1F. The molecule has 0 aliphatic rings. The number of hydrogen-bond donors (Lipinski definition) is 1. The quantitative estimate of drug-likeness (QED) is 0.797. The van der Waals surface area contributed by atoms with Crippen LogP contribution in [0.4, 0.5) is 4.39 Å². The molecular formula is C17H24FN3O2. The van der Waals surface area contributed by atoms with Gasteiger partial charge in [0.1, 0.15) is 12.1 Å². The first-order valence-electron chi connectivity index (χ1n) is 7.56. The lowest BCUT2D eigenvalue weighted by atomic mass is 9.90. The fourth-order valence-electron chi connectivity index (χ4n) is 1.83. The van der Waals surface area contributed by atoms with Crippen LogP contribution in [-0.2, 0) is 4.79 Å². The summed E-state index contributed by atoms with van der Waals surface area (Å²) in [5, 5.41) is 11.9. The molecule has 1 rings (SSSR count). The fourth-order valence-corrected chi connectivity index (χ4v) is 1.83. The van der Waals surface area contributed by atoms with E-state index in [0.717, 1.165) is 0 Å². The van der Waals surface area contributed by atoms with Crippen molar-refractivity contribution in [3.63, 3.8) is 0 Å². The summed E-state index contributed by atoms with van der Waals surface area (Å²) in [7, 11) is 1.77. The predicted octanol–water partition coefficient (Wildman–Crippen LogP) is 2.19. The Morgan fingerprint density at radius 2 is 2.13 bits per heavy atom. The first-order valence-corrected chi connectivity index (χ1v) is 7.56. The molecule has 23 heavy (non-hydrogen) atoms. The van der Waals surface area contributed by atoms with Crippen molar-refractivity contribution in [1.82, 2.24) is 10.2 Å². The van der Waals surface area contributed by atoms with Crippen LogP contribution in [0.2, 0.25) is 0 Å². The molecule has 0 aromatic heterocycles. The Bertz CT molecular complexity index is 571. The Balaban J connectivity index is 2.39. The molecule has 126 valence electrons. The number of likely N-dealkylation sites (N-methyl/N-ethyl adjacent to an activating group) is 1. The minimum atomic E-state index is -0.887. The normalized spacial score (nSPS) is 13.5. The molecule has 0 aliphatic carbocycles. The van der Waals surface area contributed by atoms with Crippen LogP contribution in [0, 0.1) is 23.1 Å². The van der Waals surface area contributed by atoms with Crippen molar-refractivity contribution in [3.05, 3.63) is 30.1 Å². The zero-order valence-corrected chi connectivity index (χ0v) is 14.1. The Kier molecular flexibility index (Phi) is 6.98. The fraction of sp³-hybridized carbons (Fsp3) is 0.529. The van der Waals surface area contributed by atoms with E-state index >= 15 is 0 Å². The molecule has 1 aromatic carbocycles. The number of rotatable bonds is 8. The topological polar surface area (TPSA) is 65.4 Å². The number of ether oxygens (including phenoxy) is 1. The molecule has 0 fully saturated rings. The molecule has 0 radical (unpaired) electrons. The first kappa shape index (κ1) is 18.9. The van der Waals surface area contributed by atoms with Gasteiger partial charge < -0.3 is 10.1 Å². The molecule has 0 spiro atoms. The van der Waals surface area contributed by atoms with E-state index in [1.807, 2.05) is 13.8 Å². The van der Waals surface area contributed by atoms with E-state index in [9.17, 15) is 14.4 Å². The van der Waals surface area contributed by atoms with Gasteiger partial charge in [-0.3, -0.25) is 9.69 Å². The highest BCUT2D eigenvalue weighted by Crippen LogP contribution is 2.16. The van der Waals surface area contributed by atoms with Gasteiger partial charge in [-0.05, 0) is 32.0 Å². The monoisotopic (exact) mass is 321 g/mol. The second kappa shape index (κ2) is 8.49. The minimum Gasteiger partial charge on any atom is -0.489 e. The molecule has 0 bridgehead atoms. The third-order valence-corrected chi connectivity index (χ3v) is 3.77. The number of carbonyl (C=O) groups excluding carboxylic acids is 1. The highest BCUT2D eigenvalue weighted by atomic mass is 19.1. The van der Waals surface area contributed by atoms with Crippen molar-refractivity contribution in [2.24, 2.45) is 5.92 Å². The maximum Gasteiger partial charge on any atom is 0.235 e. The van der Waals surface area contributed by atoms with E-state index in [2.05, 4.69) is 11.4 Å². The molecule has 0 heterocycles. The lowest BCUT2D eigenvalue weighted by molar-refractivity contribution is -0.123. The van der Waals surface area contributed by atoms with Gasteiger partial charge in [-0.25, -0.2) is 4.39 Å². The van der Waals surface area contributed by atoms with Gasteiger partial charge in [0.25, 0.3) is 0 Å². The Morgan fingerprint density at radius 1 is 1.48 bits per heavy atom. The lowest BCUT2D eigenvalue weighted by Crippen LogP contribution is -2.51. The van der Waals surface area contributed by atoms with E-state index in [0.29, 0.717) is 6.54 Å². The highest BCUT2D eigenvalue weighted by molar-refractivity contribution is 5.79. The number of halogens is 1. The molecular weight excluding hydrogens is 297 g/mol. The van der Waals surface area contributed by atoms with E-state index < -0.39 is 11.4 Å². The standard InChI is InChI=1S/C17H24FN3O2/c1-13(2)17(3,12-19)20-16(22)11-21(4)9-10-23-15-8-6-5-7-14(15)18/h5-8,13H,9-11H2,1-4H3,(H,20,22). The number of nitrogens with zero attached hydrogens (tertiary/aromatic N) is 2. The van der Waals surface area contributed by atoms with Gasteiger partial charge in [0.2, 0.25) is 5.91 Å². The molecule has 0 saturated heterocycles. The van der Waals surface area contributed by atoms with Crippen molar-refractivity contribution >= 4 is 5.91 Å². The third-order valence-electron chi connectivity index (χ3n) is 3.77. The lowest BCUT2D eigenvalue weighted by Gasteiger charge is -2.28. The number of para-hydroxylation sites is 1. The van der Waals surface area contributed by atoms with Crippen LogP contribution < -0.4 is 10.1 Å². The zero-order chi connectivity index (χ0) is 17.5. The molecule has 1 unspecified atom stereocenters. The van der Waals surface area contributed by atoms with E-state index in [-0.39, 0.29) is 30.7 Å². The highest BCUT2D eigenvalue weighted by Gasteiger charge is 2.30. The molecule has 5 nitrogen and oxygen atoms in total. The van der Waals surface area contributed by atoms with Crippen molar-refractivity contribution in [2.45, 2.75) is 26.3 Å². The van der Waals surface area contributed by atoms with Gasteiger partial charge >= 0.3 is 0 Å². The van der Waals surface area contributed by atoms with Crippen molar-refractivity contribution in [1.29, 1.82) is 5.26 Å². The van der Waals surface area contributed by atoms with Crippen LogP contribution in [0.5, 0.6) is 5.75 Å². The molecule has 6 heteroatoms. The number of hydrogen-bond acceptors (Lipinski definition) is 4. The number of nitriles is 1. The average molecular weight is 321 g/mol. The van der Waals surface area contributed by atoms with Gasteiger partial charge in [-0.2, -0.15) is 5.26 Å². The Labute approximate surface area is 137 Å². The van der Waals surface area contributed by atoms with E-state index in [4.69, 9.17) is 4.74 Å². The summed E-state index contributed by atoms with van der Waals surface area (Å²) in [4.78, 5) is 13.8. The van der Waals surface area contributed by atoms with Crippen LogP contribution in [0.25, 0.3) is 0 Å². The summed E-state index contributed by atoms with van der Waals surface area (Å²) in [5.74, 6) is -0.431. The third kappa shape index (κ3) is 5.87. The van der Waals surface area contributed by atoms with Crippen LogP contribution in [0.15, 0.2) is 24.3 Å². The van der Waals surface area contributed by atoms with E-state index in [1.54, 1.807) is 37.1 Å². The van der Waals surface area contributed by atoms with Crippen molar-refractivity contribution in [2.75, 3.05) is 26.7 Å². The van der Waals surface area contributed by atoms with Gasteiger partial charge in [-0.1, -0.05) is 26.0 Å². The summed E-state index contributed by atoms with van der Waals surface area (Å²) in [6.07, 6.45) is 0. The predicted molar refractivity (Wildman–Crippen MR) is 86.4 cm³/mol. The summed E-state index contributed by atoms with van der Waals surface area (Å²) in [5.41, 5.74) is -0.887. The molecule has 1 atom stereocenters. The van der Waals surface area contributed by atoms with Gasteiger partial charge in [0.05, 0.1) is 12.6 Å². The van der Waals surface area contributed by atoms with Crippen molar-refractivity contribution < 1.29 is 13.9 Å². The van der Waals surface area contributed by atoms with Crippen LogP contribution in [0.1, 0.15) is 20.8 Å². The van der Waals surface area contributed by atoms with Gasteiger partial charge in [-0.15, -0.1) is 0 Å². The van der Waals surface area contributed by atoms with Crippen LogP contribution >= 0.6 is 0 Å². The maximum absolute atomic E-state index is 13.4. The number of benzene rings is 1. The van der Waals surface area contributed by atoms with Crippen molar-refractivity contribution in [3.8, 4) is 11.8 Å². The Morgan fingerprint density at radius 3 is 2.70 bits per heavy atom. The molecule has 1 amide bonds. The summed E-state index contributed by atoms with van der Waals surface area (Å²) >= 11 is 0. The second-order valence-electron chi connectivity index (χ2n) is 6.03. The zero-order valence-electron chi connectivity index (χ0n) is 14.1. The second-order valence-corrected chi connectivity index (χ2v) is 6.03. The largest absolute Gasteiger partial charge is 0.489 e. The smallest absolute Gasteiger partial charge is 0.235 e. The molecule has 1 aromatic rings. The van der Waals surface area contributed by atoms with Gasteiger partial charge in [0, 0.05) is 6.54 Å². The minimum absolute atomic E-state index is 0.00569.